The quantitative estimate of drug-likeness (QED) is 0.620. The number of nitrogens with zero attached hydrogens (tertiary/aromatic N) is 2. The number of fused-ring (bicyclic) bond motifs is 1. The van der Waals surface area contributed by atoms with Gasteiger partial charge in [0.2, 0.25) is 0 Å². The van der Waals surface area contributed by atoms with Gasteiger partial charge in [0.05, 0.1) is 12.1 Å². The Morgan fingerprint density at radius 2 is 2.03 bits per heavy atom. The largest absolute Gasteiger partial charge is 0.487 e. The first-order valence-electron chi connectivity index (χ1n) is 11.1. The number of aliphatic hydroxyl groups is 1. The molecule has 0 saturated heterocycles. The minimum absolute atomic E-state index is 0.194. The molecule has 2 aromatic carbocycles. The fourth-order valence-corrected chi connectivity index (χ4v) is 4.92. The van der Waals surface area contributed by atoms with Crippen LogP contribution in [0.4, 0.5) is 4.39 Å². The highest BCUT2D eigenvalue weighted by atomic mass is 19.1. The Morgan fingerprint density at radius 3 is 2.79 bits per heavy atom. The maximum absolute atomic E-state index is 13.7. The number of aromatic nitrogens is 1. The Balaban J connectivity index is 1.39. The van der Waals surface area contributed by atoms with Gasteiger partial charge in [-0.2, -0.15) is 0 Å². The van der Waals surface area contributed by atoms with Gasteiger partial charge in [-0.25, -0.2) is 4.39 Å². The normalized spacial score (nSPS) is 24.9. The van der Waals surface area contributed by atoms with Crippen molar-refractivity contribution in [1.29, 1.82) is 0 Å². The van der Waals surface area contributed by atoms with Gasteiger partial charge in [0.15, 0.2) is 5.69 Å². The van der Waals surface area contributed by atoms with Crippen LogP contribution >= 0.6 is 0 Å². The summed E-state index contributed by atoms with van der Waals surface area (Å²) in [5.41, 5.74) is 2.70. The van der Waals surface area contributed by atoms with E-state index in [1.165, 1.54) is 23.3 Å². The molecular formula is C25H26FN3O4. The molecule has 0 bridgehead atoms. The lowest BCUT2D eigenvalue weighted by Crippen LogP contribution is -2.54. The zero-order valence-electron chi connectivity index (χ0n) is 18.3. The van der Waals surface area contributed by atoms with Crippen LogP contribution in [0, 0.1) is 12.7 Å². The number of amides is 1. The molecule has 0 spiro atoms. The van der Waals surface area contributed by atoms with Gasteiger partial charge in [0.1, 0.15) is 29.5 Å². The van der Waals surface area contributed by atoms with Crippen molar-refractivity contribution in [3.05, 3.63) is 83.0 Å². The lowest BCUT2D eigenvalue weighted by atomic mass is 9.97. The monoisotopic (exact) mass is 451 g/mol. The summed E-state index contributed by atoms with van der Waals surface area (Å²) in [6.07, 6.45) is -0.234. The van der Waals surface area contributed by atoms with Crippen LogP contribution in [0.5, 0.6) is 5.75 Å². The number of aryl methyl sites for hydroxylation is 1. The van der Waals surface area contributed by atoms with Crippen molar-refractivity contribution in [1.82, 2.24) is 15.4 Å². The Labute approximate surface area is 191 Å². The molecule has 1 fully saturated rings. The minimum Gasteiger partial charge on any atom is -0.487 e. The minimum atomic E-state index is -0.872. The molecule has 7 nitrogen and oxygen atoms in total. The SMILES string of the molecule is Cc1cc(C(=O)N[C@@H]2C[C@@H](Oc3cccc(F)c3)[C@H](O)[C@H]2N2CCc3ccccc3C2)no1. The molecule has 33 heavy (non-hydrogen) atoms. The fourth-order valence-electron chi connectivity index (χ4n) is 4.92. The lowest BCUT2D eigenvalue weighted by Gasteiger charge is -2.38. The number of benzene rings is 2. The number of aliphatic hydroxyl groups excluding tert-OH is 1. The maximum atomic E-state index is 13.7. The van der Waals surface area contributed by atoms with E-state index in [4.69, 9.17) is 9.26 Å². The third-order valence-corrected chi connectivity index (χ3v) is 6.47. The van der Waals surface area contributed by atoms with Crippen LogP contribution < -0.4 is 10.1 Å². The first-order valence-corrected chi connectivity index (χ1v) is 11.1. The molecule has 1 aromatic heterocycles. The third kappa shape index (κ3) is 4.49. The Bertz CT molecular complexity index is 1150. The van der Waals surface area contributed by atoms with E-state index < -0.39 is 18.0 Å². The van der Waals surface area contributed by atoms with Crippen molar-refractivity contribution >= 4 is 5.91 Å². The van der Waals surface area contributed by atoms with Crippen molar-refractivity contribution in [3.8, 4) is 5.75 Å². The Morgan fingerprint density at radius 1 is 1.21 bits per heavy atom. The summed E-state index contributed by atoms with van der Waals surface area (Å²) in [5, 5.41) is 18.1. The maximum Gasteiger partial charge on any atom is 0.273 e. The number of rotatable bonds is 5. The van der Waals surface area contributed by atoms with E-state index in [1.807, 2.05) is 12.1 Å². The van der Waals surface area contributed by atoms with Gasteiger partial charge in [-0.3, -0.25) is 9.69 Å². The molecule has 1 amide bonds. The smallest absolute Gasteiger partial charge is 0.273 e. The zero-order valence-corrected chi connectivity index (χ0v) is 18.3. The molecule has 5 rings (SSSR count). The molecule has 1 saturated carbocycles. The number of ether oxygens (including phenoxy) is 1. The summed E-state index contributed by atoms with van der Waals surface area (Å²) >= 11 is 0. The molecular weight excluding hydrogens is 425 g/mol. The van der Waals surface area contributed by atoms with E-state index in [2.05, 4.69) is 27.5 Å². The number of hydrogen-bond donors (Lipinski definition) is 2. The van der Waals surface area contributed by atoms with Crippen LogP contribution in [0.2, 0.25) is 0 Å². The molecule has 1 aliphatic carbocycles. The second kappa shape index (κ2) is 8.96. The van der Waals surface area contributed by atoms with Crippen LogP contribution in [0.3, 0.4) is 0 Å². The predicted octanol–water partition coefficient (Wildman–Crippen LogP) is 2.86. The summed E-state index contributed by atoms with van der Waals surface area (Å²) < 4.78 is 24.7. The van der Waals surface area contributed by atoms with Gasteiger partial charge in [-0.15, -0.1) is 0 Å². The zero-order chi connectivity index (χ0) is 22.9. The standard InChI is InChI=1S/C25H26FN3O4/c1-15-11-21(28-33-15)25(31)27-20-13-22(32-19-8-4-7-18(26)12-19)24(30)23(20)29-10-9-16-5-2-3-6-17(16)14-29/h2-8,11-12,20,22-24,30H,9-10,13-14H2,1H3,(H,27,31)/t20-,22-,23+,24+/m1/s1. The highest BCUT2D eigenvalue weighted by Gasteiger charge is 2.48. The second-order valence-electron chi connectivity index (χ2n) is 8.72. The summed E-state index contributed by atoms with van der Waals surface area (Å²) in [7, 11) is 0. The first kappa shape index (κ1) is 21.6. The van der Waals surface area contributed by atoms with E-state index in [9.17, 15) is 14.3 Å². The van der Waals surface area contributed by atoms with Crippen LogP contribution in [-0.4, -0.2) is 51.9 Å². The third-order valence-electron chi connectivity index (χ3n) is 6.47. The number of carbonyl (C=O) groups is 1. The van der Waals surface area contributed by atoms with Crippen molar-refractivity contribution in [3.63, 3.8) is 0 Å². The molecule has 2 aliphatic rings. The van der Waals surface area contributed by atoms with Crippen LogP contribution in [-0.2, 0) is 13.0 Å². The molecule has 1 aliphatic heterocycles. The molecule has 8 heteroatoms. The summed E-state index contributed by atoms with van der Waals surface area (Å²) in [6, 6.07) is 15.0. The van der Waals surface area contributed by atoms with Crippen molar-refractivity contribution in [2.45, 2.75) is 50.6 Å². The molecule has 2 heterocycles. The topological polar surface area (TPSA) is 87.8 Å². The lowest BCUT2D eigenvalue weighted by molar-refractivity contribution is 0.00249. The van der Waals surface area contributed by atoms with E-state index in [-0.39, 0.29) is 23.7 Å². The second-order valence-corrected chi connectivity index (χ2v) is 8.72. The fraction of sp³-hybridized carbons (Fsp3) is 0.360. The van der Waals surface area contributed by atoms with Gasteiger partial charge < -0.3 is 19.7 Å². The molecule has 3 aromatic rings. The average Bonchev–Trinajstić information content (AvgIpc) is 3.37. The summed E-state index contributed by atoms with van der Waals surface area (Å²) in [4.78, 5) is 15.0. The van der Waals surface area contributed by atoms with Crippen molar-refractivity contribution in [2.75, 3.05) is 6.54 Å². The van der Waals surface area contributed by atoms with Crippen LogP contribution in [0.25, 0.3) is 0 Å². The molecule has 0 radical (unpaired) electrons. The van der Waals surface area contributed by atoms with Crippen molar-refractivity contribution in [2.24, 2.45) is 0 Å². The molecule has 172 valence electrons. The highest BCUT2D eigenvalue weighted by Crippen LogP contribution is 2.32. The van der Waals surface area contributed by atoms with E-state index in [0.29, 0.717) is 24.5 Å². The highest BCUT2D eigenvalue weighted by molar-refractivity contribution is 5.92. The van der Waals surface area contributed by atoms with E-state index in [0.717, 1.165) is 13.0 Å². The van der Waals surface area contributed by atoms with Gasteiger partial charge in [0, 0.05) is 31.6 Å². The Kier molecular flexibility index (Phi) is 5.86. The summed E-state index contributed by atoms with van der Waals surface area (Å²) in [6.45, 7) is 3.14. The number of hydrogen-bond acceptors (Lipinski definition) is 6. The molecule has 4 atom stereocenters. The van der Waals surface area contributed by atoms with Crippen LogP contribution in [0.1, 0.15) is 33.8 Å². The summed E-state index contributed by atoms with van der Waals surface area (Å²) in [5.74, 6) is 0.122. The number of carbonyl (C=O) groups excluding carboxylic acids is 1. The average molecular weight is 451 g/mol. The van der Waals surface area contributed by atoms with Gasteiger partial charge in [-0.05, 0) is 36.6 Å². The van der Waals surface area contributed by atoms with Gasteiger partial charge in [0.25, 0.3) is 5.91 Å². The van der Waals surface area contributed by atoms with E-state index in [1.54, 1.807) is 25.1 Å². The molecule has 2 N–H and O–H groups in total. The van der Waals surface area contributed by atoms with Crippen LogP contribution in [0.15, 0.2) is 59.1 Å². The molecule has 0 unspecified atom stereocenters. The van der Waals surface area contributed by atoms with Crippen molar-refractivity contribution < 1.29 is 23.6 Å². The van der Waals surface area contributed by atoms with Gasteiger partial charge in [-0.1, -0.05) is 35.5 Å². The Hall–Kier alpha value is -3.23. The first-order chi connectivity index (χ1) is 16.0. The van der Waals surface area contributed by atoms with Gasteiger partial charge >= 0.3 is 0 Å². The number of halogens is 1. The predicted molar refractivity (Wildman–Crippen MR) is 118 cm³/mol. The van der Waals surface area contributed by atoms with E-state index >= 15 is 0 Å². The number of nitrogens with one attached hydrogen (secondary N) is 1.